The fraction of sp³-hybridized carbons (Fsp3) is 0.455. The molecule has 8 heteroatoms. The van der Waals surface area contributed by atoms with Crippen molar-refractivity contribution in [3.05, 3.63) is 23.8 Å². The van der Waals surface area contributed by atoms with Crippen LogP contribution in [0.4, 0.5) is 5.69 Å². The lowest BCUT2D eigenvalue weighted by molar-refractivity contribution is 0.485. The molecule has 0 fully saturated rings. The van der Waals surface area contributed by atoms with Gasteiger partial charge in [-0.3, -0.25) is 0 Å². The van der Waals surface area contributed by atoms with Crippen LogP contribution in [0.1, 0.15) is 5.56 Å². The number of aryl methyl sites for hydroxylation is 1. The standard InChI is InChI=1S/C11H18N2O4S2/c1-9-6-10(12)8-11(7-9)19(16,17)13(2)4-5-18(3,14)15/h6-8H,4-5,12H2,1-3H3. The molecule has 2 N–H and O–H groups in total. The molecule has 108 valence electrons. The van der Waals surface area contributed by atoms with E-state index in [2.05, 4.69) is 0 Å². The molecule has 0 amide bonds. The average molecular weight is 306 g/mol. The number of nitrogens with zero attached hydrogens (tertiary/aromatic N) is 1. The van der Waals surface area contributed by atoms with Gasteiger partial charge in [-0.05, 0) is 30.7 Å². The lowest BCUT2D eigenvalue weighted by Gasteiger charge is -2.17. The highest BCUT2D eigenvalue weighted by atomic mass is 32.2. The number of benzene rings is 1. The second-order valence-electron chi connectivity index (χ2n) is 4.54. The molecule has 0 saturated heterocycles. The van der Waals surface area contributed by atoms with E-state index in [9.17, 15) is 16.8 Å². The van der Waals surface area contributed by atoms with Gasteiger partial charge in [-0.15, -0.1) is 0 Å². The number of sulfone groups is 1. The van der Waals surface area contributed by atoms with E-state index in [1.54, 1.807) is 13.0 Å². The highest BCUT2D eigenvalue weighted by molar-refractivity contribution is 7.91. The van der Waals surface area contributed by atoms with Crippen molar-refractivity contribution in [2.75, 3.05) is 31.3 Å². The van der Waals surface area contributed by atoms with Gasteiger partial charge in [-0.2, -0.15) is 4.31 Å². The molecule has 19 heavy (non-hydrogen) atoms. The second kappa shape index (κ2) is 5.48. The van der Waals surface area contributed by atoms with E-state index < -0.39 is 19.9 Å². The molecule has 1 aromatic carbocycles. The van der Waals surface area contributed by atoms with Crippen molar-refractivity contribution in [3.8, 4) is 0 Å². The zero-order valence-electron chi connectivity index (χ0n) is 11.1. The van der Waals surface area contributed by atoms with Crippen LogP contribution >= 0.6 is 0 Å². The third-order valence-corrected chi connectivity index (χ3v) is 5.32. The molecule has 0 unspecified atom stereocenters. The molecule has 0 atom stereocenters. The Bertz CT molecular complexity index is 646. The lowest BCUT2D eigenvalue weighted by atomic mass is 10.2. The van der Waals surface area contributed by atoms with Crippen LogP contribution < -0.4 is 5.73 Å². The van der Waals surface area contributed by atoms with E-state index >= 15 is 0 Å². The summed E-state index contributed by atoms with van der Waals surface area (Å²) in [5.74, 6) is -0.218. The lowest BCUT2D eigenvalue weighted by Crippen LogP contribution is -2.31. The van der Waals surface area contributed by atoms with Gasteiger partial charge in [0.05, 0.1) is 10.6 Å². The third-order valence-electron chi connectivity index (χ3n) is 2.56. The summed E-state index contributed by atoms with van der Waals surface area (Å²) < 4.78 is 47.6. The summed E-state index contributed by atoms with van der Waals surface area (Å²) in [5.41, 5.74) is 6.71. The van der Waals surface area contributed by atoms with Crippen LogP contribution in [0.25, 0.3) is 0 Å². The topological polar surface area (TPSA) is 97.5 Å². The van der Waals surface area contributed by atoms with Crippen LogP contribution in [0.5, 0.6) is 0 Å². The molecular formula is C11H18N2O4S2. The molecule has 1 rings (SSSR count). The minimum atomic E-state index is -3.72. The Morgan fingerprint density at radius 3 is 2.21 bits per heavy atom. The predicted octanol–water partition coefficient (Wildman–Crippen LogP) is 0.242. The average Bonchev–Trinajstić information content (AvgIpc) is 2.23. The summed E-state index contributed by atoms with van der Waals surface area (Å²) in [6.45, 7) is 1.65. The molecule has 0 bridgehead atoms. The zero-order valence-corrected chi connectivity index (χ0v) is 12.8. The number of rotatable bonds is 5. The molecule has 0 aliphatic heterocycles. The zero-order chi connectivity index (χ0) is 14.8. The molecule has 0 radical (unpaired) electrons. The quantitative estimate of drug-likeness (QED) is 0.786. The normalized spacial score (nSPS) is 12.8. The molecule has 0 spiro atoms. The van der Waals surface area contributed by atoms with Crippen molar-refractivity contribution < 1.29 is 16.8 Å². The van der Waals surface area contributed by atoms with Crippen LogP contribution in [0.3, 0.4) is 0 Å². The van der Waals surface area contributed by atoms with E-state index in [0.29, 0.717) is 5.69 Å². The fourth-order valence-electron chi connectivity index (χ4n) is 1.52. The van der Waals surface area contributed by atoms with Crippen LogP contribution in [-0.2, 0) is 19.9 Å². The van der Waals surface area contributed by atoms with E-state index in [1.165, 1.54) is 19.2 Å². The highest BCUT2D eigenvalue weighted by Crippen LogP contribution is 2.19. The Morgan fingerprint density at radius 2 is 1.74 bits per heavy atom. The first kappa shape index (κ1) is 15.9. The predicted molar refractivity (Wildman–Crippen MR) is 75.1 cm³/mol. The number of hydrogen-bond donors (Lipinski definition) is 1. The van der Waals surface area contributed by atoms with Crippen LogP contribution in [-0.4, -0.2) is 46.7 Å². The maximum absolute atomic E-state index is 12.2. The number of anilines is 1. The third kappa shape index (κ3) is 4.48. The SMILES string of the molecule is Cc1cc(N)cc(S(=O)(=O)N(C)CCS(C)(=O)=O)c1. The van der Waals surface area contributed by atoms with Crippen molar-refractivity contribution >= 4 is 25.5 Å². The Balaban J connectivity index is 3.03. The Hall–Kier alpha value is -1.12. The van der Waals surface area contributed by atoms with E-state index in [4.69, 9.17) is 5.73 Å². The van der Waals surface area contributed by atoms with E-state index in [0.717, 1.165) is 16.1 Å². The molecule has 6 nitrogen and oxygen atoms in total. The molecule has 0 aromatic heterocycles. The largest absolute Gasteiger partial charge is 0.399 e. The van der Waals surface area contributed by atoms with Gasteiger partial charge in [0.25, 0.3) is 0 Å². The first-order chi connectivity index (χ1) is 8.52. The van der Waals surface area contributed by atoms with Gasteiger partial charge in [0.2, 0.25) is 10.0 Å². The molecule has 0 saturated carbocycles. The van der Waals surface area contributed by atoms with Crippen molar-refractivity contribution in [2.24, 2.45) is 0 Å². The fourth-order valence-corrected chi connectivity index (χ4v) is 3.55. The molecule has 0 aliphatic rings. The number of hydrogen-bond acceptors (Lipinski definition) is 5. The summed E-state index contributed by atoms with van der Waals surface area (Å²) >= 11 is 0. The van der Waals surface area contributed by atoms with Crippen molar-refractivity contribution in [1.82, 2.24) is 4.31 Å². The number of sulfonamides is 1. The van der Waals surface area contributed by atoms with E-state index in [1.807, 2.05) is 0 Å². The molecule has 0 heterocycles. The van der Waals surface area contributed by atoms with Gasteiger partial charge in [0, 0.05) is 25.5 Å². The summed E-state index contributed by atoms with van der Waals surface area (Å²) in [5, 5.41) is 0. The maximum atomic E-state index is 12.2. The smallest absolute Gasteiger partial charge is 0.242 e. The van der Waals surface area contributed by atoms with Crippen molar-refractivity contribution in [3.63, 3.8) is 0 Å². The van der Waals surface area contributed by atoms with Crippen molar-refractivity contribution in [2.45, 2.75) is 11.8 Å². The van der Waals surface area contributed by atoms with Crippen LogP contribution in [0.2, 0.25) is 0 Å². The first-order valence-electron chi connectivity index (χ1n) is 5.53. The molecular weight excluding hydrogens is 288 g/mol. The molecule has 1 aromatic rings. The number of nitrogen functional groups attached to an aromatic ring is 1. The maximum Gasteiger partial charge on any atom is 0.242 e. The van der Waals surface area contributed by atoms with E-state index in [-0.39, 0.29) is 17.2 Å². The Labute approximate surface area is 114 Å². The van der Waals surface area contributed by atoms with Gasteiger partial charge < -0.3 is 5.73 Å². The Morgan fingerprint density at radius 1 is 1.16 bits per heavy atom. The summed E-state index contributed by atoms with van der Waals surface area (Å²) in [4.78, 5) is 0.0704. The Kier molecular flexibility index (Phi) is 4.59. The van der Waals surface area contributed by atoms with Gasteiger partial charge in [0.1, 0.15) is 9.84 Å². The highest BCUT2D eigenvalue weighted by Gasteiger charge is 2.22. The van der Waals surface area contributed by atoms with Gasteiger partial charge >= 0.3 is 0 Å². The summed E-state index contributed by atoms with van der Waals surface area (Å²) in [6.07, 6.45) is 1.07. The van der Waals surface area contributed by atoms with Crippen molar-refractivity contribution in [1.29, 1.82) is 0 Å². The second-order valence-corrected chi connectivity index (χ2v) is 8.84. The minimum Gasteiger partial charge on any atom is -0.399 e. The summed E-state index contributed by atoms with van der Waals surface area (Å²) in [7, 11) is -5.58. The van der Waals surface area contributed by atoms with Crippen LogP contribution in [0.15, 0.2) is 23.1 Å². The monoisotopic (exact) mass is 306 g/mol. The van der Waals surface area contributed by atoms with Gasteiger partial charge in [-0.1, -0.05) is 0 Å². The van der Waals surface area contributed by atoms with Crippen LogP contribution in [0, 0.1) is 6.92 Å². The first-order valence-corrected chi connectivity index (χ1v) is 9.04. The minimum absolute atomic E-state index is 0.0704. The molecule has 0 aliphatic carbocycles. The number of nitrogens with two attached hydrogens (primary N) is 1. The van der Waals surface area contributed by atoms with Gasteiger partial charge in [0.15, 0.2) is 0 Å². The summed E-state index contributed by atoms with van der Waals surface area (Å²) in [6, 6.07) is 4.53. The van der Waals surface area contributed by atoms with Gasteiger partial charge in [-0.25, -0.2) is 16.8 Å².